The quantitative estimate of drug-likeness (QED) is 0.335. The number of nitrogens with one attached hydrogen (secondary N) is 2. The minimum atomic E-state index is -0.379. The first-order chi connectivity index (χ1) is 15.9. The first kappa shape index (κ1) is 24.0. The smallest absolute Gasteiger partial charge is 0.271 e. The molecule has 0 atom stereocenters. The fraction of sp³-hybridized carbons (Fsp3) is 0.160. The van der Waals surface area contributed by atoms with E-state index in [4.69, 9.17) is 9.47 Å². The highest BCUT2D eigenvalue weighted by Crippen LogP contribution is 2.22. The largest absolute Gasteiger partial charge is 0.497 e. The maximum atomic E-state index is 12.3. The Hall–Kier alpha value is -3.65. The van der Waals surface area contributed by atoms with E-state index in [1.807, 2.05) is 32.0 Å². The van der Waals surface area contributed by atoms with Crippen LogP contribution in [0.1, 0.15) is 27.0 Å². The molecule has 0 saturated heterocycles. The molecule has 7 nitrogen and oxygen atoms in total. The van der Waals surface area contributed by atoms with Gasteiger partial charge in [-0.15, -0.1) is 0 Å². The second-order valence-corrected chi connectivity index (χ2v) is 8.16. The molecule has 2 amide bonds. The summed E-state index contributed by atoms with van der Waals surface area (Å²) in [5.74, 6) is 0.368. The molecule has 0 aliphatic rings. The number of ether oxygens (including phenoxy) is 2. The molecule has 3 rings (SSSR count). The number of methoxy groups -OCH3 is 1. The lowest BCUT2D eigenvalue weighted by Gasteiger charge is -2.11. The molecule has 0 radical (unpaired) electrons. The normalized spacial score (nSPS) is 10.7. The summed E-state index contributed by atoms with van der Waals surface area (Å²) in [6.07, 6.45) is 1.46. The van der Waals surface area contributed by atoms with Crippen LogP contribution < -0.4 is 20.2 Å². The zero-order chi connectivity index (χ0) is 23.8. The number of hydrogen-bond acceptors (Lipinski definition) is 5. The third kappa shape index (κ3) is 6.92. The fourth-order valence-corrected chi connectivity index (χ4v) is 3.28. The molecule has 0 spiro atoms. The van der Waals surface area contributed by atoms with Gasteiger partial charge >= 0.3 is 0 Å². The maximum Gasteiger partial charge on any atom is 0.271 e. The molecule has 2 N–H and O–H groups in total. The molecular weight excluding hydrogens is 486 g/mol. The van der Waals surface area contributed by atoms with Crippen LogP contribution in [0.25, 0.3) is 0 Å². The van der Waals surface area contributed by atoms with Crippen molar-refractivity contribution in [2.24, 2.45) is 5.10 Å². The fourth-order valence-electron chi connectivity index (χ4n) is 2.90. The van der Waals surface area contributed by atoms with Crippen molar-refractivity contribution in [2.45, 2.75) is 13.8 Å². The van der Waals surface area contributed by atoms with Gasteiger partial charge in [-0.25, -0.2) is 5.43 Å². The van der Waals surface area contributed by atoms with Crippen molar-refractivity contribution in [3.63, 3.8) is 0 Å². The number of nitrogens with zero attached hydrogens (tertiary/aromatic N) is 1. The van der Waals surface area contributed by atoms with Crippen molar-refractivity contribution >= 4 is 39.6 Å². The lowest BCUT2D eigenvalue weighted by Crippen LogP contribution is -2.21. The van der Waals surface area contributed by atoms with E-state index in [9.17, 15) is 9.59 Å². The lowest BCUT2D eigenvalue weighted by molar-refractivity contribution is -0.118. The van der Waals surface area contributed by atoms with E-state index in [0.717, 1.165) is 15.6 Å². The summed E-state index contributed by atoms with van der Waals surface area (Å²) < 4.78 is 11.6. The molecular formula is C25H24BrN3O4. The van der Waals surface area contributed by atoms with Crippen LogP contribution in [0.15, 0.2) is 70.2 Å². The Bertz CT molecular complexity index is 1190. The number of aryl methyl sites for hydroxylation is 2. The van der Waals surface area contributed by atoms with E-state index >= 15 is 0 Å². The number of rotatable bonds is 8. The first-order valence-electron chi connectivity index (χ1n) is 10.1. The van der Waals surface area contributed by atoms with Crippen LogP contribution in [0.4, 0.5) is 5.69 Å². The Morgan fingerprint density at radius 3 is 2.61 bits per heavy atom. The van der Waals surface area contributed by atoms with Crippen LogP contribution in [-0.4, -0.2) is 31.7 Å². The first-order valence-corrected chi connectivity index (χ1v) is 10.9. The summed E-state index contributed by atoms with van der Waals surface area (Å²) in [7, 11) is 1.53. The van der Waals surface area contributed by atoms with Crippen molar-refractivity contribution in [2.75, 3.05) is 19.0 Å². The summed E-state index contributed by atoms with van der Waals surface area (Å²) in [5, 5.41) is 6.84. The molecule has 0 unspecified atom stereocenters. The van der Waals surface area contributed by atoms with Crippen LogP contribution in [0, 0.1) is 13.8 Å². The monoisotopic (exact) mass is 509 g/mol. The van der Waals surface area contributed by atoms with Crippen LogP contribution in [-0.2, 0) is 4.79 Å². The molecule has 3 aromatic carbocycles. The molecule has 0 bridgehead atoms. The number of carbonyl (C=O) groups is 2. The third-order valence-corrected chi connectivity index (χ3v) is 5.32. The molecule has 33 heavy (non-hydrogen) atoms. The second kappa shape index (κ2) is 11.3. The number of amides is 2. The third-order valence-electron chi connectivity index (χ3n) is 4.82. The van der Waals surface area contributed by atoms with Gasteiger partial charge in [0.15, 0.2) is 6.61 Å². The predicted octanol–water partition coefficient (Wildman–Crippen LogP) is 4.86. The highest BCUT2D eigenvalue weighted by atomic mass is 79.9. The van der Waals surface area contributed by atoms with E-state index in [1.54, 1.807) is 42.5 Å². The number of hydrogen-bond donors (Lipinski definition) is 2. The summed E-state index contributed by atoms with van der Waals surface area (Å²) in [5.41, 5.74) is 6.45. The van der Waals surface area contributed by atoms with E-state index < -0.39 is 0 Å². The van der Waals surface area contributed by atoms with Crippen molar-refractivity contribution in [1.82, 2.24) is 5.43 Å². The van der Waals surface area contributed by atoms with Gasteiger partial charge in [-0.2, -0.15) is 5.10 Å². The molecule has 3 aromatic rings. The van der Waals surface area contributed by atoms with Gasteiger partial charge in [0.25, 0.3) is 11.8 Å². The second-order valence-electron chi connectivity index (χ2n) is 7.25. The van der Waals surface area contributed by atoms with Gasteiger partial charge in [0.2, 0.25) is 0 Å². The van der Waals surface area contributed by atoms with E-state index in [0.29, 0.717) is 28.3 Å². The van der Waals surface area contributed by atoms with Gasteiger partial charge in [0.05, 0.1) is 13.3 Å². The van der Waals surface area contributed by atoms with E-state index in [-0.39, 0.29) is 18.4 Å². The average molecular weight is 510 g/mol. The van der Waals surface area contributed by atoms with Gasteiger partial charge in [-0.1, -0.05) is 28.1 Å². The minimum Gasteiger partial charge on any atom is -0.497 e. The van der Waals surface area contributed by atoms with Crippen molar-refractivity contribution < 1.29 is 19.1 Å². The van der Waals surface area contributed by atoms with Gasteiger partial charge in [-0.05, 0) is 73.5 Å². The van der Waals surface area contributed by atoms with Crippen molar-refractivity contribution in [3.05, 3.63) is 87.4 Å². The highest BCUT2D eigenvalue weighted by Gasteiger charge is 2.09. The molecule has 0 aromatic heterocycles. The Labute approximate surface area is 200 Å². The van der Waals surface area contributed by atoms with Gasteiger partial charge in [0, 0.05) is 21.3 Å². The Morgan fingerprint density at radius 1 is 1.03 bits per heavy atom. The number of halogens is 1. The summed E-state index contributed by atoms with van der Waals surface area (Å²) in [6.45, 7) is 3.83. The van der Waals surface area contributed by atoms with Gasteiger partial charge in [-0.3, -0.25) is 9.59 Å². The SMILES string of the molecule is COc1cccc(C(=O)N/N=C/c2cc(Br)ccc2OCC(=O)Nc2ccc(C)c(C)c2)c1. The molecule has 0 aliphatic carbocycles. The number of hydrazone groups is 1. The lowest BCUT2D eigenvalue weighted by atomic mass is 10.1. The summed E-state index contributed by atoms with van der Waals surface area (Å²) in [6, 6.07) is 17.8. The number of anilines is 1. The van der Waals surface area contributed by atoms with Crippen LogP contribution >= 0.6 is 15.9 Å². The zero-order valence-electron chi connectivity index (χ0n) is 18.5. The van der Waals surface area contributed by atoms with Crippen LogP contribution in [0.5, 0.6) is 11.5 Å². The average Bonchev–Trinajstić information content (AvgIpc) is 2.81. The van der Waals surface area contributed by atoms with Gasteiger partial charge in [0.1, 0.15) is 11.5 Å². The molecule has 0 heterocycles. The summed E-state index contributed by atoms with van der Waals surface area (Å²) >= 11 is 3.41. The van der Waals surface area contributed by atoms with Crippen molar-refractivity contribution in [3.8, 4) is 11.5 Å². The zero-order valence-corrected chi connectivity index (χ0v) is 20.1. The molecule has 0 fully saturated rings. The molecule has 0 saturated carbocycles. The van der Waals surface area contributed by atoms with E-state index in [2.05, 4.69) is 31.8 Å². The Kier molecular flexibility index (Phi) is 8.21. The maximum absolute atomic E-state index is 12.3. The number of benzene rings is 3. The Balaban J connectivity index is 1.62. The van der Waals surface area contributed by atoms with Crippen LogP contribution in [0.2, 0.25) is 0 Å². The predicted molar refractivity (Wildman–Crippen MR) is 132 cm³/mol. The number of carbonyl (C=O) groups excluding carboxylic acids is 2. The van der Waals surface area contributed by atoms with Crippen LogP contribution in [0.3, 0.4) is 0 Å². The topological polar surface area (TPSA) is 89.0 Å². The standard InChI is InChI=1S/C25H24BrN3O4/c1-16-7-9-21(11-17(16)2)28-24(30)15-33-23-10-8-20(26)12-19(23)14-27-29-25(31)18-5-4-6-22(13-18)32-3/h4-14H,15H2,1-3H3,(H,28,30)(H,29,31)/b27-14+. The van der Waals surface area contributed by atoms with Gasteiger partial charge < -0.3 is 14.8 Å². The minimum absolute atomic E-state index is 0.175. The highest BCUT2D eigenvalue weighted by molar-refractivity contribution is 9.10. The summed E-state index contributed by atoms with van der Waals surface area (Å²) in [4.78, 5) is 24.6. The molecule has 0 aliphatic heterocycles. The van der Waals surface area contributed by atoms with Crippen molar-refractivity contribution in [1.29, 1.82) is 0 Å². The Morgan fingerprint density at radius 2 is 1.85 bits per heavy atom. The molecule has 8 heteroatoms. The van der Waals surface area contributed by atoms with E-state index in [1.165, 1.54) is 13.3 Å². The molecule has 170 valence electrons.